The number of allylic oxidation sites excluding steroid dienone is 1. The Morgan fingerprint density at radius 1 is 0.829 bits per heavy atom. The number of benzene rings is 2. The minimum Gasteiger partial charge on any atom is -0.494 e. The van der Waals surface area contributed by atoms with Crippen molar-refractivity contribution in [1.29, 1.82) is 0 Å². The average Bonchev–Trinajstić information content (AvgIpc) is 2.99. The van der Waals surface area contributed by atoms with E-state index in [-0.39, 0.29) is 18.0 Å². The first-order valence-corrected chi connectivity index (χ1v) is 13.8. The first kappa shape index (κ1) is 33.0. The number of ketones is 1. The number of rotatable bonds is 20. The van der Waals surface area contributed by atoms with Gasteiger partial charge in [-0.3, -0.25) is 4.79 Å². The molecule has 0 aliphatic carbocycles. The molecule has 0 unspecified atom stereocenters. The number of esters is 2. The Bertz CT molecular complexity index is 1180. The number of aliphatic hydroxyl groups is 1. The van der Waals surface area contributed by atoms with Crippen molar-refractivity contribution < 1.29 is 38.4 Å². The summed E-state index contributed by atoms with van der Waals surface area (Å²) in [6, 6.07) is 12.8. The molecule has 0 aliphatic rings. The van der Waals surface area contributed by atoms with Crippen LogP contribution in [0, 0.1) is 6.92 Å². The summed E-state index contributed by atoms with van der Waals surface area (Å²) in [5.74, 6) is 0.393. The van der Waals surface area contributed by atoms with Gasteiger partial charge in [0.2, 0.25) is 0 Å². The number of carbonyl (C=O) groups excluding carboxylic acids is 3. The lowest BCUT2D eigenvalue weighted by Crippen LogP contribution is -2.11. The van der Waals surface area contributed by atoms with Gasteiger partial charge in [0.05, 0.1) is 38.6 Å². The Morgan fingerprint density at radius 3 is 2.15 bits per heavy atom. The third-order valence-electron chi connectivity index (χ3n) is 5.99. The van der Waals surface area contributed by atoms with Crippen LogP contribution in [-0.4, -0.2) is 55.9 Å². The monoisotopic (exact) mass is 564 g/mol. The van der Waals surface area contributed by atoms with E-state index in [1.165, 1.54) is 0 Å². The fourth-order valence-corrected chi connectivity index (χ4v) is 3.61. The van der Waals surface area contributed by atoms with Crippen LogP contribution in [0.25, 0.3) is 6.08 Å². The van der Waals surface area contributed by atoms with Crippen LogP contribution in [0.3, 0.4) is 0 Å². The van der Waals surface area contributed by atoms with E-state index in [9.17, 15) is 14.4 Å². The summed E-state index contributed by atoms with van der Waals surface area (Å²) in [5, 5.41) is 8.84. The van der Waals surface area contributed by atoms with E-state index in [2.05, 4.69) is 13.2 Å². The molecule has 8 heteroatoms. The lowest BCUT2D eigenvalue weighted by molar-refractivity contribution is -0.140. The Balaban J connectivity index is 1.68. The van der Waals surface area contributed by atoms with Gasteiger partial charge in [-0.25, -0.2) is 9.59 Å². The van der Waals surface area contributed by atoms with Gasteiger partial charge in [0.15, 0.2) is 5.78 Å². The smallest absolute Gasteiger partial charge is 0.335 e. The van der Waals surface area contributed by atoms with Gasteiger partial charge in [0, 0.05) is 11.6 Å². The van der Waals surface area contributed by atoms with Crippen LogP contribution in [0.4, 0.5) is 0 Å². The van der Waals surface area contributed by atoms with Crippen molar-refractivity contribution in [3.05, 3.63) is 90.0 Å². The highest BCUT2D eigenvalue weighted by atomic mass is 16.5. The molecule has 2 aromatic rings. The van der Waals surface area contributed by atoms with Crippen LogP contribution < -0.4 is 9.47 Å². The molecule has 220 valence electrons. The van der Waals surface area contributed by atoms with Crippen molar-refractivity contribution in [3.63, 3.8) is 0 Å². The highest BCUT2D eigenvalue weighted by Crippen LogP contribution is 2.21. The van der Waals surface area contributed by atoms with Crippen molar-refractivity contribution in [1.82, 2.24) is 0 Å². The van der Waals surface area contributed by atoms with Crippen LogP contribution in [-0.2, 0) is 19.1 Å². The molecule has 0 saturated heterocycles. The van der Waals surface area contributed by atoms with Crippen LogP contribution in [0.1, 0.15) is 60.0 Å². The molecule has 0 saturated carbocycles. The van der Waals surface area contributed by atoms with Crippen LogP contribution >= 0.6 is 0 Å². The Hall–Kier alpha value is -4.17. The third kappa shape index (κ3) is 13.2. The SMILES string of the molecule is C=CC(=O)OCCCCCCOc1ccc(C(=O)/C=C/c2ccc(OCCCCOC(=O)C(=C)CO)cc2)cc1C. The summed E-state index contributed by atoms with van der Waals surface area (Å²) in [5.41, 5.74) is 2.40. The van der Waals surface area contributed by atoms with E-state index in [0.29, 0.717) is 44.0 Å². The molecule has 0 amide bonds. The van der Waals surface area contributed by atoms with Crippen LogP contribution in [0.5, 0.6) is 11.5 Å². The molecular weight excluding hydrogens is 524 g/mol. The van der Waals surface area contributed by atoms with Crippen LogP contribution in [0.15, 0.2) is 73.3 Å². The van der Waals surface area contributed by atoms with Gasteiger partial charge in [-0.05, 0) is 93.0 Å². The highest BCUT2D eigenvalue weighted by molar-refractivity contribution is 6.07. The summed E-state index contributed by atoms with van der Waals surface area (Å²) in [7, 11) is 0. The Morgan fingerprint density at radius 2 is 1.46 bits per heavy atom. The van der Waals surface area contributed by atoms with E-state index in [1.54, 1.807) is 18.2 Å². The predicted molar refractivity (Wildman–Crippen MR) is 158 cm³/mol. The molecule has 1 N–H and O–H groups in total. The average molecular weight is 565 g/mol. The van der Waals surface area contributed by atoms with Crippen molar-refractivity contribution in [2.45, 2.75) is 45.4 Å². The zero-order valence-electron chi connectivity index (χ0n) is 23.8. The molecule has 0 bridgehead atoms. The second-order valence-corrected chi connectivity index (χ2v) is 9.33. The Kier molecular flexibility index (Phi) is 15.3. The van der Waals surface area contributed by atoms with E-state index >= 15 is 0 Å². The summed E-state index contributed by atoms with van der Waals surface area (Å²) in [6.45, 7) is 9.99. The summed E-state index contributed by atoms with van der Waals surface area (Å²) in [4.78, 5) is 35.1. The quantitative estimate of drug-likeness (QED) is 0.0929. The van der Waals surface area contributed by atoms with Gasteiger partial charge in [0.25, 0.3) is 0 Å². The topological polar surface area (TPSA) is 108 Å². The highest BCUT2D eigenvalue weighted by Gasteiger charge is 2.08. The van der Waals surface area contributed by atoms with Gasteiger partial charge in [-0.1, -0.05) is 31.4 Å². The second kappa shape index (κ2) is 19.0. The van der Waals surface area contributed by atoms with Crippen molar-refractivity contribution in [2.75, 3.05) is 33.0 Å². The molecule has 41 heavy (non-hydrogen) atoms. The number of aryl methyl sites for hydroxylation is 1. The van der Waals surface area contributed by atoms with Crippen molar-refractivity contribution in [3.8, 4) is 11.5 Å². The van der Waals surface area contributed by atoms with E-state index in [0.717, 1.165) is 48.6 Å². The molecule has 8 nitrogen and oxygen atoms in total. The zero-order valence-corrected chi connectivity index (χ0v) is 23.8. The van der Waals surface area contributed by atoms with Crippen LogP contribution in [0.2, 0.25) is 0 Å². The van der Waals surface area contributed by atoms with Gasteiger partial charge < -0.3 is 24.1 Å². The molecular formula is C33H40O8. The number of hydrogen-bond acceptors (Lipinski definition) is 8. The number of aliphatic hydroxyl groups excluding tert-OH is 1. The molecule has 0 aromatic heterocycles. The standard InChI is InChI=1S/C33H40O8/c1-4-32(36)40-21-8-6-5-7-20-39-31-18-14-28(23-25(31)2)30(35)17-13-27-11-15-29(16-12-27)38-19-9-10-22-41-33(37)26(3)24-34/h4,11-18,23,34H,1,3,5-10,19-22,24H2,2H3/b17-13+. The lowest BCUT2D eigenvalue weighted by Gasteiger charge is -2.10. The Labute approximate surface area is 242 Å². The van der Waals surface area contributed by atoms with Gasteiger partial charge in [-0.2, -0.15) is 0 Å². The maximum atomic E-state index is 12.7. The van der Waals surface area contributed by atoms with Gasteiger partial charge in [-0.15, -0.1) is 0 Å². The number of carbonyl (C=O) groups is 3. The maximum Gasteiger partial charge on any atom is 0.335 e. The molecule has 0 fully saturated rings. The first-order chi connectivity index (χ1) is 19.8. The third-order valence-corrected chi connectivity index (χ3v) is 5.99. The zero-order chi connectivity index (χ0) is 29.9. The largest absolute Gasteiger partial charge is 0.494 e. The van der Waals surface area contributed by atoms with E-state index in [4.69, 9.17) is 24.1 Å². The number of ether oxygens (including phenoxy) is 4. The van der Waals surface area contributed by atoms with Gasteiger partial charge in [0.1, 0.15) is 11.5 Å². The lowest BCUT2D eigenvalue weighted by atomic mass is 10.1. The molecule has 2 rings (SSSR count). The van der Waals surface area contributed by atoms with Crippen molar-refractivity contribution in [2.24, 2.45) is 0 Å². The minimum atomic E-state index is -0.585. The molecule has 0 atom stereocenters. The maximum absolute atomic E-state index is 12.7. The predicted octanol–water partition coefficient (Wildman–Crippen LogP) is 5.81. The number of hydrogen-bond donors (Lipinski definition) is 1. The van der Waals surface area contributed by atoms with E-state index in [1.807, 2.05) is 43.3 Å². The molecule has 0 aliphatic heterocycles. The second-order valence-electron chi connectivity index (χ2n) is 9.33. The summed E-state index contributed by atoms with van der Waals surface area (Å²) in [6.07, 6.45) is 9.44. The summed E-state index contributed by atoms with van der Waals surface area (Å²) >= 11 is 0. The fraction of sp³-hybridized carbons (Fsp3) is 0.364. The molecule has 2 aromatic carbocycles. The fourth-order valence-electron chi connectivity index (χ4n) is 3.61. The first-order valence-electron chi connectivity index (χ1n) is 13.8. The van der Waals surface area contributed by atoms with Gasteiger partial charge >= 0.3 is 11.9 Å². The summed E-state index contributed by atoms with van der Waals surface area (Å²) < 4.78 is 21.5. The molecule has 0 spiro atoms. The van der Waals surface area contributed by atoms with Crippen molar-refractivity contribution >= 4 is 23.8 Å². The number of unbranched alkanes of at least 4 members (excludes halogenated alkanes) is 4. The van der Waals surface area contributed by atoms with E-state index < -0.39 is 18.5 Å². The molecule has 0 heterocycles. The molecule has 0 radical (unpaired) electrons. The normalized spacial score (nSPS) is 10.7. The minimum absolute atomic E-state index is 0.0393.